The average molecular weight is 278 g/mol. The molecule has 0 aliphatic heterocycles. The summed E-state index contributed by atoms with van der Waals surface area (Å²) in [5.74, 6) is 0. The first-order valence-corrected chi connectivity index (χ1v) is 7.11. The minimum atomic E-state index is -4.90. The third-order valence-electron chi connectivity index (χ3n) is 3.10. The zero-order valence-electron chi connectivity index (χ0n) is 10.2. The monoisotopic (exact) mass is 278 g/mol. The molecule has 0 radical (unpaired) electrons. The van der Waals surface area contributed by atoms with Crippen LogP contribution >= 0.6 is 0 Å². The van der Waals surface area contributed by atoms with Crippen molar-refractivity contribution >= 4 is 9.84 Å². The molecule has 0 atom stereocenters. The summed E-state index contributed by atoms with van der Waals surface area (Å²) in [6.45, 7) is 2.66. The molecule has 0 saturated heterocycles. The van der Waals surface area contributed by atoms with Crippen LogP contribution < -0.4 is 0 Å². The van der Waals surface area contributed by atoms with Gasteiger partial charge in [0.15, 0.2) is 0 Å². The molecule has 0 aliphatic carbocycles. The molecule has 3 nitrogen and oxygen atoms in total. The van der Waals surface area contributed by atoms with Crippen molar-refractivity contribution in [3.63, 3.8) is 0 Å². The zero-order valence-corrected chi connectivity index (χ0v) is 11.0. The van der Waals surface area contributed by atoms with E-state index in [2.05, 4.69) is 0 Å². The third-order valence-corrected chi connectivity index (χ3v) is 5.05. The second-order valence-corrected chi connectivity index (χ2v) is 6.06. The van der Waals surface area contributed by atoms with Gasteiger partial charge in [0.25, 0.3) is 0 Å². The highest BCUT2D eigenvalue weighted by Gasteiger charge is 2.60. The average Bonchev–Trinajstić information content (AvgIpc) is 2.38. The Hall–Kier alpha value is -1.01. The van der Waals surface area contributed by atoms with Gasteiger partial charge >= 0.3 is 5.25 Å². The van der Waals surface area contributed by atoms with Crippen molar-refractivity contribution in [3.05, 3.63) is 30.3 Å². The molecule has 18 heavy (non-hydrogen) atoms. The second-order valence-electron chi connectivity index (χ2n) is 4.07. The molecule has 6 heteroatoms. The highest BCUT2D eigenvalue weighted by Crippen LogP contribution is 2.41. The molecule has 0 aromatic heterocycles. The number of alkyl halides is 2. The van der Waals surface area contributed by atoms with Gasteiger partial charge in [-0.15, -0.1) is 0 Å². The number of hydrogen-bond donors (Lipinski definition) is 1. The fourth-order valence-electron chi connectivity index (χ4n) is 1.66. The van der Waals surface area contributed by atoms with Crippen LogP contribution in [0.1, 0.15) is 26.7 Å². The lowest BCUT2D eigenvalue weighted by molar-refractivity contribution is -0.130. The van der Waals surface area contributed by atoms with Crippen LogP contribution in [-0.2, 0) is 9.84 Å². The molecule has 0 fully saturated rings. The molecule has 0 unspecified atom stereocenters. The van der Waals surface area contributed by atoms with Crippen LogP contribution in [0.5, 0.6) is 0 Å². The van der Waals surface area contributed by atoms with Crippen LogP contribution in [0.4, 0.5) is 8.78 Å². The SMILES string of the molecule is CCC(O)(CC)C(F)(F)S(=O)(=O)c1ccccc1. The molecule has 0 heterocycles. The van der Waals surface area contributed by atoms with E-state index in [0.29, 0.717) is 0 Å². The maximum Gasteiger partial charge on any atom is 0.377 e. The Morgan fingerprint density at radius 2 is 1.56 bits per heavy atom. The zero-order chi connectivity index (χ0) is 14.0. The number of hydrogen-bond acceptors (Lipinski definition) is 3. The molecule has 0 saturated carbocycles. The lowest BCUT2D eigenvalue weighted by atomic mass is 9.98. The number of halogens is 2. The normalized spacial score (nSPS) is 13.6. The first-order valence-electron chi connectivity index (χ1n) is 5.63. The quantitative estimate of drug-likeness (QED) is 0.900. The Morgan fingerprint density at radius 3 is 1.94 bits per heavy atom. The van der Waals surface area contributed by atoms with Crippen molar-refractivity contribution < 1.29 is 22.3 Å². The Kier molecular flexibility index (Phi) is 4.12. The van der Waals surface area contributed by atoms with E-state index in [9.17, 15) is 22.3 Å². The number of rotatable bonds is 5. The van der Waals surface area contributed by atoms with Gasteiger partial charge in [0.2, 0.25) is 9.84 Å². The van der Waals surface area contributed by atoms with Crippen molar-refractivity contribution in [3.8, 4) is 0 Å². The summed E-state index contributed by atoms with van der Waals surface area (Å²) in [4.78, 5) is -0.490. The van der Waals surface area contributed by atoms with E-state index < -0.39 is 25.6 Å². The summed E-state index contributed by atoms with van der Waals surface area (Å²) >= 11 is 0. The second kappa shape index (κ2) is 4.93. The van der Waals surface area contributed by atoms with Crippen molar-refractivity contribution in [1.29, 1.82) is 0 Å². The van der Waals surface area contributed by atoms with Gasteiger partial charge in [-0.2, -0.15) is 8.78 Å². The minimum absolute atomic E-state index is 0.345. The largest absolute Gasteiger partial charge is 0.382 e. The fourth-order valence-corrected chi connectivity index (χ4v) is 3.26. The van der Waals surface area contributed by atoms with Gasteiger partial charge < -0.3 is 5.11 Å². The summed E-state index contributed by atoms with van der Waals surface area (Å²) in [6.07, 6.45) is -0.689. The topological polar surface area (TPSA) is 54.4 Å². The molecule has 1 aromatic rings. The molecule has 1 rings (SSSR count). The van der Waals surface area contributed by atoms with E-state index in [4.69, 9.17) is 0 Å². The Morgan fingerprint density at radius 1 is 1.11 bits per heavy atom. The third kappa shape index (κ3) is 2.14. The molecule has 0 bridgehead atoms. The summed E-state index contributed by atoms with van der Waals surface area (Å²) < 4.78 is 52.0. The van der Waals surface area contributed by atoms with E-state index in [1.807, 2.05) is 0 Å². The van der Waals surface area contributed by atoms with E-state index in [1.165, 1.54) is 32.0 Å². The summed E-state index contributed by atoms with van der Waals surface area (Å²) in [7, 11) is -4.90. The van der Waals surface area contributed by atoms with E-state index in [1.54, 1.807) is 0 Å². The van der Waals surface area contributed by atoms with Crippen molar-refractivity contribution in [2.45, 2.75) is 42.4 Å². The fraction of sp³-hybridized carbons (Fsp3) is 0.500. The maximum atomic E-state index is 14.1. The predicted molar refractivity (Wildman–Crippen MR) is 64.1 cm³/mol. The van der Waals surface area contributed by atoms with Gasteiger partial charge in [-0.1, -0.05) is 32.0 Å². The Bertz CT molecular complexity index is 493. The Balaban J connectivity index is 3.36. The first kappa shape index (κ1) is 15.0. The molecule has 0 amide bonds. The van der Waals surface area contributed by atoms with Crippen molar-refractivity contribution in [2.24, 2.45) is 0 Å². The molecule has 0 aliphatic rings. The summed E-state index contributed by atoms with van der Waals surface area (Å²) in [5, 5.41) is 5.61. The number of aliphatic hydroxyl groups is 1. The van der Waals surface area contributed by atoms with Gasteiger partial charge in [0, 0.05) is 0 Å². The highest BCUT2D eigenvalue weighted by atomic mass is 32.2. The highest BCUT2D eigenvalue weighted by molar-refractivity contribution is 7.92. The van der Waals surface area contributed by atoms with Gasteiger partial charge in [-0.3, -0.25) is 0 Å². The number of sulfone groups is 1. The lowest BCUT2D eigenvalue weighted by Crippen LogP contribution is -2.52. The van der Waals surface area contributed by atoms with E-state index in [0.717, 1.165) is 12.1 Å². The predicted octanol–water partition coefficient (Wildman–Crippen LogP) is 2.60. The van der Waals surface area contributed by atoms with Gasteiger partial charge in [-0.25, -0.2) is 8.42 Å². The molecular weight excluding hydrogens is 262 g/mol. The maximum absolute atomic E-state index is 14.1. The van der Waals surface area contributed by atoms with Gasteiger partial charge in [0.1, 0.15) is 5.60 Å². The van der Waals surface area contributed by atoms with E-state index in [-0.39, 0.29) is 12.8 Å². The van der Waals surface area contributed by atoms with Crippen LogP contribution in [0.3, 0.4) is 0 Å². The smallest absolute Gasteiger partial charge is 0.377 e. The van der Waals surface area contributed by atoms with Gasteiger partial charge in [-0.05, 0) is 25.0 Å². The molecule has 102 valence electrons. The van der Waals surface area contributed by atoms with Crippen LogP contribution in [-0.4, -0.2) is 24.4 Å². The molecule has 1 N–H and O–H groups in total. The van der Waals surface area contributed by atoms with Crippen LogP contribution in [0, 0.1) is 0 Å². The van der Waals surface area contributed by atoms with Crippen LogP contribution in [0.15, 0.2) is 35.2 Å². The van der Waals surface area contributed by atoms with Gasteiger partial charge in [0.05, 0.1) is 4.90 Å². The number of benzene rings is 1. The van der Waals surface area contributed by atoms with Crippen LogP contribution in [0.25, 0.3) is 0 Å². The summed E-state index contributed by atoms with van der Waals surface area (Å²) in [6, 6.07) is 6.44. The summed E-state index contributed by atoms with van der Waals surface area (Å²) in [5.41, 5.74) is -2.55. The van der Waals surface area contributed by atoms with Crippen LogP contribution in [0.2, 0.25) is 0 Å². The van der Waals surface area contributed by atoms with Crippen molar-refractivity contribution in [2.75, 3.05) is 0 Å². The van der Waals surface area contributed by atoms with Crippen molar-refractivity contribution in [1.82, 2.24) is 0 Å². The molecule has 0 spiro atoms. The standard InChI is InChI=1S/C12H16F2O3S/c1-3-11(15,4-2)12(13,14)18(16,17)10-8-6-5-7-9-10/h5-9,15H,3-4H2,1-2H3. The Labute approximate surface area is 105 Å². The molecular formula is C12H16F2O3S. The first-order chi connectivity index (χ1) is 8.23. The minimum Gasteiger partial charge on any atom is -0.382 e. The lowest BCUT2D eigenvalue weighted by Gasteiger charge is -2.33. The van der Waals surface area contributed by atoms with E-state index >= 15 is 0 Å². The molecule has 1 aromatic carbocycles.